The third kappa shape index (κ3) is 5.21. The molecule has 0 aliphatic heterocycles. The summed E-state index contributed by atoms with van der Waals surface area (Å²) >= 11 is 1.41. The van der Waals surface area contributed by atoms with E-state index in [9.17, 15) is 0 Å². The van der Waals surface area contributed by atoms with Crippen molar-refractivity contribution >= 4 is 22.6 Å². The monoisotopic (exact) mass is 262 g/mol. The first-order valence-corrected chi connectivity index (χ1v) is 6.98. The number of rotatable bonds is 4. The van der Waals surface area contributed by atoms with Crippen molar-refractivity contribution in [2.24, 2.45) is 4.99 Å². The highest BCUT2D eigenvalue weighted by atomic mass is 32.2. The van der Waals surface area contributed by atoms with Crippen LogP contribution in [0.15, 0.2) is 29.3 Å². The lowest BCUT2D eigenvalue weighted by molar-refractivity contribution is 0.589. The van der Waals surface area contributed by atoms with Crippen molar-refractivity contribution in [3.63, 3.8) is 0 Å². The molecule has 2 N–H and O–H groups in total. The Balaban J connectivity index is 2.67. The second-order valence-corrected chi connectivity index (χ2v) is 4.85. The fourth-order valence-electron chi connectivity index (χ4n) is 1.30. The van der Waals surface area contributed by atoms with E-state index in [4.69, 9.17) is 5.26 Å². The number of hydrogen-bond donors (Lipinski definition) is 2. The van der Waals surface area contributed by atoms with Gasteiger partial charge < -0.3 is 5.32 Å². The number of nitriles is 1. The Morgan fingerprint density at radius 2 is 2.06 bits per heavy atom. The molecule has 18 heavy (non-hydrogen) atoms. The minimum Gasteiger partial charge on any atom is -0.310 e. The van der Waals surface area contributed by atoms with Crippen LogP contribution in [0.5, 0.6) is 0 Å². The third-order valence-electron chi connectivity index (χ3n) is 2.24. The minimum absolute atomic E-state index is 0.477. The zero-order chi connectivity index (χ0) is 13.4. The van der Waals surface area contributed by atoms with Crippen molar-refractivity contribution in [3.8, 4) is 6.19 Å². The van der Waals surface area contributed by atoms with E-state index in [1.165, 1.54) is 17.3 Å². The van der Waals surface area contributed by atoms with E-state index in [1.54, 1.807) is 0 Å². The molecule has 0 aliphatic carbocycles. The van der Waals surface area contributed by atoms with E-state index in [1.807, 2.05) is 36.7 Å². The third-order valence-corrected chi connectivity index (χ3v) is 2.82. The lowest BCUT2D eigenvalue weighted by Crippen LogP contribution is -2.21. The van der Waals surface area contributed by atoms with Gasteiger partial charge in [0.1, 0.15) is 0 Å². The summed E-state index contributed by atoms with van der Waals surface area (Å²) in [5.41, 5.74) is 2.07. The van der Waals surface area contributed by atoms with E-state index >= 15 is 0 Å². The van der Waals surface area contributed by atoms with Gasteiger partial charge >= 0.3 is 0 Å². The van der Waals surface area contributed by atoms with Crippen LogP contribution in [-0.2, 0) is 6.54 Å². The number of aliphatic imine (C=N–C) groups is 1. The standard InChI is InChI=1S/C13H18N4S/c1-10(2)15-8-11-4-6-12(7-5-11)17-13(18-3)16-9-14/h4-7,10,15H,8H2,1-3H3,(H,16,17). The molecule has 4 nitrogen and oxygen atoms in total. The lowest BCUT2D eigenvalue weighted by Gasteiger charge is -2.08. The molecule has 0 amide bonds. The van der Waals surface area contributed by atoms with E-state index < -0.39 is 0 Å². The van der Waals surface area contributed by atoms with Crippen molar-refractivity contribution in [1.82, 2.24) is 10.6 Å². The molecule has 0 unspecified atom stereocenters. The summed E-state index contributed by atoms with van der Waals surface area (Å²) < 4.78 is 0. The van der Waals surface area contributed by atoms with Gasteiger partial charge in [-0.1, -0.05) is 37.7 Å². The zero-order valence-corrected chi connectivity index (χ0v) is 11.7. The van der Waals surface area contributed by atoms with Gasteiger partial charge in [-0.25, -0.2) is 4.99 Å². The van der Waals surface area contributed by atoms with Gasteiger partial charge in [-0.05, 0) is 24.0 Å². The zero-order valence-electron chi connectivity index (χ0n) is 10.9. The Morgan fingerprint density at radius 1 is 1.39 bits per heavy atom. The van der Waals surface area contributed by atoms with Gasteiger partial charge in [0.2, 0.25) is 0 Å². The van der Waals surface area contributed by atoms with Crippen molar-refractivity contribution in [2.75, 3.05) is 6.26 Å². The highest BCUT2D eigenvalue weighted by Crippen LogP contribution is 2.15. The van der Waals surface area contributed by atoms with Gasteiger partial charge in [0, 0.05) is 12.6 Å². The predicted octanol–water partition coefficient (Wildman–Crippen LogP) is 2.61. The van der Waals surface area contributed by atoms with Crippen molar-refractivity contribution in [2.45, 2.75) is 26.4 Å². The highest BCUT2D eigenvalue weighted by molar-refractivity contribution is 8.13. The second-order valence-electron chi connectivity index (χ2n) is 4.06. The van der Waals surface area contributed by atoms with Gasteiger partial charge in [-0.2, -0.15) is 5.26 Å². The molecule has 0 fully saturated rings. The maximum absolute atomic E-state index is 8.55. The summed E-state index contributed by atoms with van der Waals surface area (Å²) in [4.78, 5) is 4.33. The molecular weight excluding hydrogens is 244 g/mol. The Morgan fingerprint density at radius 3 is 2.56 bits per heavy atom. The molecular formula is C13H18N4S. The SMILES string of the molecule is CSC(=Nc1ccc(CNC(C)C)cc1)NC#N. The summed E-state index contributed by atoms with van der Waals surface area (Å²) in [5, 5.41) is 15.1. The van der Waals surface area contributed by atoms with E-state index in [0.717, 1.165) is 12.2 Å². The van der Waals surface area contributed by atoms with Crippen LogP contribution in [0.2, 0.25) is 0 Å². The maximum atomic E-state index is 8.55. The average molecular weight is 262 g/mol. The Bertz CT molecular complexity index is 431. The molecule has 0 saturated heterocycles. The largest absolute Gasteiger partial charge is 0.310 e. The van der Waals surface area contributed by atoms with Crippen LogP contribution >= 0.6 is 11.8 Å². The Hall–Kier alpha value is -1.51. The van der Waals surface area contributed by atoms with Crippen LogP contribution in [0.25, 0.3) is 0 Å². The van der Waals surface area contributed by atoms with E-state index in [0.29, 0.717) is 11.2 Å². The van der Waals surface area contributed by atoms with Crippen molar-refractivity contribution < 1.29 is 0 Å². The molecule has 0 aromatic heterocycles. The van der Waals surface area contributed by atoms with E-state index in [-0.39, 0.29) is 0 Å². The normalized spacial score (nSPS) is 11.4. The molecule has 1 aromatic carbocycles. The average Bonchev–Trinajstić information content (AvgIpc) is 2.37. The summed E-state index contributed by atoms with van der Waals surface area (Å²) in [6.07, 6.45) is 3.75. The van der Waals surface area contributed by atoms with Gasteiger partial charge in [0.25, 0.3) is 0 Å². The number of amidine groups is 1. The smallest absolute Gasteiger partial charge is 0.183 e. The molecule has 0 saturated carbocycles. The van der Waals surface area contributed by atoms with Gasteiger partial charge in [0.05, 0.1) is 5.69 Å². The molecule has 0 radical (unpaired) electrons. The van der Waals surface area contributed by atoms with Gasteiger partial charge in [-0.15, -0.1) is 0 Å². The fraction of sp³-hybridized carbons (Fsp3) is 0.385. The van der Waals surface area contributed by atoms with Gasteiger partial charge in [-0.3, -0.25) is 5.32 Å². The quantitative estimate of drug-likeness (QED) is 0.379. The second kappa shape index (κ2) is 7.75. The minimum atomic E-state index is 0.477. The lowest BCUT2D eigenvalue weighted by atomic mass is 10.2. The first-order chi connectivity index (χ1) is 8.65. The Labute approximate surface area is 112 Å². The molecule has 0 aliphatic rings. The summed E-state index contributed by atoms with van der Waals surface area (Å²) in [7, 11) is 0. The summed E-state index contributed by atoms with van der Waals surface area (Å²) in [5.74, 6) is 0. The molecule has 0 atom stereocenters. The molecule has 0 spiro atoms. The number of hydrogen-bond acceptors (Lipinski definition) is 4. The van der Waals surface area contributed by atoms with Gasteiger partial charge in [0.15, 0.2) is 11.4 Å². The highest BCUT2D eigenvalue weighted by Gasteiger charge is 1.98. The predicted molar refractivity (Wildman–Crippen MR) is 77.8 cm³/mol. The number of nitrogens with one attached hydrogen (secondary N) is 2. The van der Waals surface area contributed by atoms with E-state index in [2.05, 4.69) is 29.5 Å². The molecule has 5 heteroatoms. The summed E-state index contributed by atoms with van der Waals surface area (Å²) in [6, 6.07) is 8.46. The molecule has 1 aromatic rings. The van der Waals surface area contributed by atoms with Crippen molar-refractivity contribution in [1.29, 1.82) is 5.26 Å². The number of benzene rings is 1. The van der Waals surface area contributed by atoms with Crippen LogP contribution in [0, 0.1) is 11.5 Å². The summed E-state index contributed by atoms with van der Waals surface area (Å²) in [6.45, 7) is 5.10. The first-order valence-electron chi connectivity index (χ1n) is 5.76. The molecule has 1 rings (SSSR count). The first kappa shape index (κ1) is 14.6. The van der Waals surface area contributed by atoms with Crippen LogP contribution in [0.3, 0.4) is 0 Å². The fourth-order valence-corrected chi connectivity index (χ4v) is 1.64. The van der Waals surface area contributed by atoms with Crippen LogP contribution in [-0.4, -0.2) is 17.5 Å². The maximum Gasteiger partial charge on any atom is 0.183 e. The topological polar surface area (TPSA) is 60.2 Å². The number of thioether (sulfide) groups is 1. The van der Waals surface area contributed by atoms with Crippen LogP contribution in [0.4, 0.5) is 5.69 Å². The van der Waals surface area contributed by atoms with Crippen molar-refractivity contribution in [3.05, 3.63) is 29.8 Å². The Kier molecular flexibility index (Phi) is 6.26. The molecule has 0 heterocycles. The number of nitrogens with zero attached hydrogens (tertiary/aromatic N) is 2. The molecule has 96 valence electrons. The van der Waals surface area contributed by atoms with Crippen LogP contribution < -0.4 is 10.6 Å². The van der Waals surface area contributed by atoms with Crippen LogP contribution in [0.1, 0.15) is 19.4 Å². The molecule has 0 bridgehead atoms.